The van der Waals surface area contributed by atoms with Gasteiger partial charge in [-0.15, -0.1) is 0 Å². The quantitative estimate of drug-likeness (QED) is 0.107. The molecule has 5 amide bonds. The Labute approximate surface area is 262 Å². The van der Waals surface area contributed by atoms with E-state index in [9.17, 15) is 24.0 Å². The van der Waals surface area contributed by atoms with Crippen LogP contribution in [0.2, 0.25) is 0 Å². The molecule has 0 fully saturated rings. The van der Waals surface area contributed by atoms with Crippen molar-refractivity contribution in [1.29, 1.82) is 0 Å². The maximum Gasteiger partial charge on any atom is 0.408 e. The van der Waals surface area contributed by atoms with Gasteiger partial charge in [0.15, 0.2) is 9.03 Å². The topological polar surface area (TPSA) is 173 Å². The van der Waals surface area contributed by atoms with Crippen molar-refractivity contribution in [3.63, 3.8) is 0 Å². The monoisotopic (exact) mass is 639 g/mol. The molecule has 1 aromatic rings. The molecule has 0 spiro atoms. The highest BCUT2D eigenvalue weighted by atomic mass is 31.1. The van der Waals surface area contributed by atoms with Crippen LogP contribution in [0.1, 0.15) is 66.4 Å². The highest BCUT2D eigenvalue weighted by Gasteiger charge is 2.28. The van der Waals surface area contributed by atoms with Crippen LogP contribution in [-0.4, -0.2) is 80.3 Å². The molecule has 5 N–H and O–H groups in total. The minimum absolute atomic E-state index is 0.0309. The minimum Gasteiger partial charge on any atom is -0.444 e. The van der Waals surface area contributed by atoms with E-state index in [4.69, 9.17) is 13.8 Å². The van der Waals surface area contributed by atoms with Crippen molar-refractivity contribution in [3.8, 4) is 0 Å². The number of carbonyl (C=O) groups excluding carboxylic acids is 5. The van der Waals surface area contributed by atoms with Gasteiger partial charge in [0.2, 0.25) is 23.6 Å². The molecule has 0 saturated carbocycles. The summed E-state index contributed by atoms with van der Waals surface area (Å²) >= 11 is 0. The molecule has 1 rings (SSSR count). The van der Waals surface area contributed by atoms with Crippen molar-refractivity contribution in [2.45, 2.75) is 84.9 Å². The van der Waals surface area contributed by atoms with Crippen LogP contribution in [0, 0.1) is 5.92 Å². The Kier molecular flexibility index (Phi) is 18.9. The zero-order chi connectivity index (χ0) is 33.0. The van der Waals surface area contributed by atoms with Gasteiger partial charge in [-0.1, -0.05) is 51.1 Å². The first kappa shape index (κ1) is 38.7. The summed E-state index contributed by atoms with van der Waals surface area (Å²) in [4.78, 5) is 63.3. The molecule has 0 aliphatic carbocycles. The summed E-state index contributed by atoms with van der Waals surface area (Å²) in [5.41, 5.74) is 0.0515. The number of hydrogen-bond acceptors (Lipinski definition) is 8. The van der Waals surface area contributed by atoms with E-state index in [1.54, 1.807) is 20.8 Å². The lowest BCUT2D eigenvalue weighted by Gasteiger charge is -2.24. The van der Waals surface area contributed by atoms with E-state index >= 15 is 0 Å². The molecule has 13 nitrogen and oxygen atoms in total. The van der Waals surface area contributed by atoms with Crippen LogP contribution in [0.15, 0.2) is 30.3 Å². The number of ether oxygens (including phenoxy) is 1. The number of benzene rings is 1. The van der Waals surface area contributed by atoms with Crippen molar-refractivity contribution in [3.05, 3.63) is 35.9 Å². The Bertz CT molecular complexity index is 1040. The fourth-order valence-corrected chi connectivity index (χ4v) is 4.30. The SMILES string of the molecule is CCCOPOCCCNC(=O)CNC(=O)C(CC(C)C)NC(=O)C(Cc1ccccc1)NC(=O)CNC(=O)OC(C)(C)C. The van der Waals surface area contributed by atoms with Crippen LogP contribution in [0.25, 0.3) is 0 Å². The number of nitrogens with one attached hydrogen (secondary N) is 5. The van der Waals surface area contributed by atoms with Crippen LogP contribution in [-0.2, 0) is 39.4 Å². The van der Waals surface area contributed by atoms with Gasteiger partial charge >= 0.3 is 6.09 Å². The van der Waals surface area contributed by atoms with Crippen molar-refractivity contribution in [2.75, 3.05) is 32.8 Å². The second-order valence-electron chi connectivity index (χ2n) is 11.6. The van der Waals surface area contributed by atoms with E-state index in [0.29, 0.717) is 32.6 Å². The Morgan fingerprint density at radius 2 is 1.48 bits per heavy atom. The number of carbonyl (C=O) groups is 5. The third kappa shape index (κ3) is 19.1. The van der Waals surface area contributed by atoms with E-state index in [2.05, 4.69) is 26.6 Å². The average Bonchev–Trinajstić information content (AvgIpc) is 2.95. The van der Waals surface area contributed by atoms with Crippen molar-refractivity contribution >= 4 is 38.8 Å². The van der Waals surface area contributed by atoms with Crippen LogP contribution in [0.3, 0.4) is 0 Å². The summed E-state index contributed by atoms with van der Waals surface area (Å²) in [6, 6.07) is 7.11. The summed E-state index contributed by atoms with van der Waals surface area (Å²) in [5.74, 6) is -2.02. The third-order valence-electron chi connectivity index (χ3n) is 5.66. The van der Waals surface area contributed by atoms with Gasteiger partial charge in [0, 0.05) is 13.0 Å². The maximum atomic E-state index is 13.4. The number of alkyl carbamates (subject to hydrolysis) is 1. The van der Waals surface area contributed by atoms with Crippen molar-refractivity contribution in [2.24, 2.45) is 5.92 Å². The molecular formula is C30H50N5O8P. The molecule has 14 heteroatoms. The van der Waals surface area contributed by atoms with E-state index < -0.39 is 48.0 Å². The van der Waals surface area contributed by atoms with Gasteiger partial charge in [-0.05, 0) is 51.5 Å². The summed E-state index contributed by atoms with van der Waals surface area (Å²) in [6.07, 6.45) is 1.21. The lowest BCUT2D eigenvalue weighted by Crippen LogP contribution is -2.56. The largest absolute Gasteiger partial charge is 0.444 e. The van der Waals surface area contributed by atoms with Crippen molar-refractivity contribution in [1.82, 2.24) is 26.6 Å². The van der Waals surface area contributed by atoms with Gasteiger partial charge in [0.1, 0.15) is 24.2 Å². The summed E-state index contributed by atoms with van der Waals surface area (Å²) in [7, 11) is -0.0309. The standard InChI is InChI=1S/C30H50N5O8P/c1-7-15-41-44-42-16-11-14-31-25(36)19-32-27(38)23(17-21(2)3)35-28(39)24(18-22-12-9-8-10-13-22)34-26(37)20-33-29(40)43-30(4,5)6/h8-10,12-13,21,23-24,44H,7,11,14-20H2,1-6H3,(H,31,36)(H,32,38)(H,33,40)(H,34,37)(H,35,39). The van der Waals surface area contributed by atoms with Gasteiger partial charge in [-0.25, -0.2) is 4.79 Å². The van der Waals surface area contributed by atoms with E-state index in [-0.39, 0.29) is 33.8 Å². The first-order valence-electron chi connectivity index (χ1n) is 14.9. The molecule has 0 radical (unpaired) electrons. The molecule has 0 saturated heterocycles. The smallest absolute Gasteiger partial charge is 0.408 e. The molecule has 0 aliphatic rings. The fraction of sp³-hybridized carbons (Fsp3) is 0.633. The molecule has 0 bridgehead atoms. The fourth-order valence-electron chi connectivity index (χ4n) is 3.70. The third-order valence-corrected chi connectivity index (χ3v) is 6.30. The summed E-state index contributed by atoms with van der Waals surface area (Å²) in [5, 5.41) is 13.1. The molecule has 248 valence electrons. The first-order chi connectivity index (χ1) is 20.8. The van der Waals surface area contributed by atoms with Crippen LogP contribution in [0.4, 0.5) is 4.79 Å². The number of amides is 5. The second kappa shape index (κ2) is 21.4. The van der Waals surface area contributed by atoms with Gasteiger partial charge in [-0.2, -0.15) is 0 Å². The van der Waals surface area contributed by atoms with Gasteiger partial charge in [0.25, 0.3) is 0 Å². The van der Waals surface area contributed by atoms with E-state index in [0.717, 1.165) is 12.0 Å². The van der Waals surface area contributed by atoms with E-state index in [1.807, 2.05) is 51.1 Å². The second-order valence-corrected chi connectivity index (χ2v) is 12.3. The van der Waals surface area contributed by atoms with Crippen LogP contribution >= 0.6 is 9.03 Å². The highest BCUT2D eigenvalue weighted by molar-refractivity contribution is 7.26. The van der Waals surface area contributed by atoms with Crippen LogP contribution < -0.4 is 26.6 Å². The predicted molar refractivity (Wildman–Crippen MR) is 169 cm³/mol. The molecule has 1 aromatic carbocycles. The van der Waals surface area contributed by atoms with Gasteiger partial charge in [-0.3, -0.25) is 19.2 Å². The summed E-state index contributed by atoms with van der Waals surface area (Å²) in [6.45, 7) is 11.7. The summed E-state index contributed by atoms with van der Waals surface area (Å²) < 4.78 is 15.7. The molecule has 3 unspecified atom stereocenters. The highest BCUT2D eigenvalue weighted by Crippen LogP contribution is 2.13. The Morgan fingerprint density at radius 1 is 0.818 bits per heavy atom. The Morgan fingerprint density at radius 3 is 2.11 bits per heavy atom. The molecule has 0 aromatic heterocycles. The average molecular weight is 640 g/mol. The maximum absolute atomic E-state index is 13.4. The lowest BCUT2D eigenvalue weighted by molar-refractivity contribution is -0.132. The van der Waals surface area contributed by atoms with Crippen LogP contribution in [0.5, 0.6) is 0 Å². The lowest BCUT2D eigenvalue weighted by atomic mass is 10.0. The molecule has 44 heavy (non-hydrogen) atoms. The molecule has 3 atom stereocenters. The minimum atomic E-state index is -1.04. The Hall–Kier alpha value is -3.28. The Balaban J connectivity index is 2.74. The van der Waals surface area contributed by atoms with Gasteiger partial charge in [0.05, 0.1) is 19.8 Å². The number of rotatable bonds is 20. The first-order valence-corrected chi connectivity index (χ1v) is 15.8. The zero-order valence-corrected chi connectivity index (χ0v) is 27.7. The zero-order valence-electron chi connectivity index (χ0n) is 26.7. The molecule has 0 aliphatic heterocycles. The van der Waals surface area contributed by atoms with Gasteiger partial charge < -0.3 is 40.4 Å². The normalized spacial score (nSPS) is 12.8. The molecule has 0 heterocycles. The molecular weight excluding hydrogens is 589 g/mol. The van der Waals surface area contributed by atoms with Crippen molar-refractivity contribution < 1.29 is 37.8 Å². The predicted octanol–water partition coefficient (Wildman–Crippen LogP) is 2.34. The number of hydrogen-bond donors (Lipinski definition) is 5. The van der Waals surface area contributed by atoms with E-state index in [1.165, 1.54) is 0 Å².